The van der Waals surface area contributed by atoms with Gasteiger partial charge in [-0.05, 0) is 37.8 Å². The molecule has 1 aromatic carbocycles. The van der Waals surface area contributed by atoms with Gasteiger partial charge in [0.2, 0.25) is 0 Å². The van der Waals surface area contributed by atoms with Gasteiger partial charge in [-0.2, -0.15) is 0 Å². The van der Waals surface area contributed by atoms with E-state index >= 15 is 0 Å². The fraction of sp³-hybridized carbons (Fsp3) is 0.588. The molecule has 1 aliphatic heterocycles. The lowest BCUT2D eigenvalue weighted by Crippen LogP contribution is -2.43. The summed E-state index contributed by atoms with van der Waals surface area (Å²) in [5.41, 5.74) is 2.35. The molecule has 4 heteroatoms. The van der Waals surface area contributed by atoms with E-state index in [1.54, 1.807) is 0 Å². The first-order chi connectivity index (χ1) is 10.1. The van der Waals surface area contributed by atoms with Crippen molar-refractivity contribution in [1.82, 2.24) is 0 Å². The Hall–Kier alpha value is -1.55. The van der Waals surface area contributed by atoms with Gasteiger partial charge in [0.1, 0.15) is 0 Å². The molecule has 1 aliphatic rings. The number of rotatable bonds is 6. The highest BCUT2D eigenvalue weighted by molar-refractivity contribution is 5.68. The summed E-state index contributed by atoms with van der Waals surface area (Å²) in [4.78, 5) is 13.2. The fourth-order valence-electron chi connectivity index (χ4n) is 3.03. The summed E-state index contributed by atoms with van der Waals surface area (Å²) in [5, 5.41) is 9.02. The van der Waals surface area contributed by atoms with Crippen molar-refractivity contribution in [2.45, 2.75) is 51.7 Å². The predicted octanol–water partition coefficient (Wildman–Crippen LogP) is 3.23. The Kier molecular flexibility index (Phi) is 5.62. The number of carboxylic acids is 1. The quantitative estimate of drug-likeness (QED) is 0.874. The summed E-state index contributed by atoms with van der Waals surface area (Å²) >= 11 is 0. The number of aryl methyl sites for hydroxylation is 1. The molecule has 21 heavy (non-hydrogen) atoms. The predicted molar refractivity (Wildman–Crippen MR) is 83.8 cm³/mol. The van der Waals surface area contributed by atoms with Gasteiger partial charge in [-0.1, -0.05) is 25.1 Å². The Morgan fingerprint density at radius 3 is 2.86 bits per heavy atom. The summed E-state index contributed by atoms with van der Waals surface area (Å²) in [6.45, 7) is 5.54. The smallest absolute Gasteiger partial charge is 0.305 e. The average molecular weight is 291 g/mol. The maximum atomic E-state index is 11.0. The van der Waals surface area contributed by atoms with Crippen molar-refractivity contribution in [1.29, 1.82) is 0 Å². The molecule has 2 unspecified atom stereocenters. The van der Waals surface area contributed by atoms with Crippen molar-refractivity contribution >= 4 is 11.7 Å². The normalized spacial score (nSPS) is 22.0. The van der Waals surface area contributed by atoms with E-state index in [9.17, 15) is 4.79 Å². The van der Waals surface area contributed by atoms with Crippen LogP contribution in [0, 0.1) is 6.92 Å². The van der Waals surface area contributed by atoms with E-state index in [2.05, 4.69) is 30.9 Å². The number of hydrogen-bond acceptors (Lipinski definition) is 3. The number of aliphatic carboxylic acids is 1. The number of benzene rings is 1. The van der Waals surface area contributed by atoms with Gasteiger partial charge in [0.25, 0.3) is 0 Å². The molecule has 1 aromatic rings. The number of nitrogens with zero attached hydrogens (tertiary/aromatic N) is 1. The number of carboxylic acid groups (broad SMARTS) is 1. The molecule has 0 aliphatic carbocycles. The highest BCUT2D eigenvalue weighted by Crippen LogP contribution is 2.28. The molecule has 1 saturated heterocycles. The van der Waals surface area contributed by atoms with Crippen molar-refractivity contribution in [3.63, 3.8) is 0 Å². The molecular weight excluding hydrogens is 266 g/mol. The second kappa shape index (κ2) is 7.46. The van der Waals surface area contributed by atoms with Crippen LogP contribution in [0.5, 0.6) is 0 Å². The molecule has 1 heterocycles. The lowest BCUT2D eigenvalue weighted by molar-refractivity contribution is -0.136. The first-order valence-corrected chi connectivity index (χ1v) is 7.77. The van der Waals surface area contributed by atoms with E-state index in [0.717, 1.165) is 31.6 Å². The topological polar surface area (TPSA) is 49.8 Å². The van der Waals surface area contributed by atoms with Gasteiger partial charge in [-0.25, -0.2) is 0 Å². The zero-order chi connectivity index (χ0) is 15.2. The van der Waals surface area contributed by atoms with Gasteiger partial charge in [0, 0.05) is 24.9 Å². The lowest BCUT2D eigenvalue weighted by Gasteiger charge is -2.39. The minimum absolute atomic E-state index is 0.169. The molecule has 0 saturated carbocycles. The van der Waals surface area contributed by atoms with Crippen molar-refractivity contribution < 1.29 is 14.6 Å². The van der Waals surface area contributed by atoms with Gasteiger partial charge in [0.05, 0.1) is 12.5 Å². The third kappa shape index (κ3) is 4.21. The standard InChI is InChI=1S/C17H25NO3/c1-3-15-12-14(9-11-21-15)18(10-8-17(19)20)16-7-5-4-6-13(16)2/h4-7,14-15H,3,8-12H2,1-2H3,(H,19,20). The third-order valence-electron chi connectivity index (χ3n) is 4.23. The van der Waals surface area contributed by atoms with E-state index in [4.69, 9.17) is 9.84 Å². The van der Waals surface area contributed by atoms with E-state index in [1.165, 1.54) is 5.56 Å². The molecule has 0 amide bonds. The second-order valence-corrected chi connectivity index (χ2v) is 5.70. The van der Waals surface area contributed by atoms with Gasteiger partial charge < -0.3 is 14.7 Å². The molecule has 4 nitrogen and oxygen atoms in total. The van der Waals surface area contributed by atoms with Crippen LogP contribution in [0.2, 0.25) is 0 Å². The van der Waals surface area contributed by atoms with Crippen LogP contribution in [-0.2, 0) is 9.53 Å². The summed E-state index contributed by atoms with van der Waals surface area (Å²) in [6.07, 6.45) is 3.41. The van der Waals surface area contributed by atoms with Crippen LogP contribution in [0.4, 0.5) is 5.69 Å². The van der Waals surface area contributed by atoms with E-state index in [1.807, 2.05) is 12.1 Å². The van der Waals surface area contributed by atoms with Crippen molar-refractivity contribution in [3.8, 4) is 0 Å². The first kappa shape index (κ1) is 15.8. The number of ether oxygens (including phenoxy) is 1. The largest absolute Gasteiger partial charge is 0.481 e. The summed E-state index contributed by atoms with van der Waals surface area (Å²) < 4.78 is 5.76. The molecule has 2 atom stereocenters. The molecule has 1 fully saturated rings. The maximum absolute atomic E-state index is 11.0. The minimum Gasteiger partial charge on any atom is -0.481 e. The highest BCUT2D eigenvalue weighted by atomic mass is 16.5. The molecule has 0 bridgehead atoms. The van der Waals surface area contributed by atoms with Crippen LogP contribution in [0.3, 0.4) is 0 Å². The average Bonchev–Trinajstić information content (AvgIpc) is 2.49. The van der Waals surface area contributed by atoms with Gasteiger partial charge in [-0.15, -0.1) is 0 Å². The van der Waals surface area contributed by atoms with Crippen LogP contribution in [0.15, 0.2) is 24.3 Å². The zero-order valence-corrected chi connectivity index (χ0v) is 12.9. The molecule has 1 N–H and O–H groups in total. The number of anilines is 1. The van der Waals surface area contributed by atoms with Crippen LogP contribution < -0.4 is 4.90 Å². The third-order valence-corrected chi connectivity index (χ3v) is 4.23. The van der Waals surface area contributed by atoms with Crippen LogP contribution in [-0.4, -0.2) is 36.4 Å². The summed E-state index contributed by atoms with van der Waals surface area (Å²) in [7, 11) is 0. The van der Waals surface area contributed by atoms with E-state index in [0.29, 0.717) is 18.7 Å². The zero-order valence-electron chi connectivity index (χ0n) is 12.9. The monoisotopic (exact) mass is 291 g/mol. The van der Waals surface area contributed by atoms with Crippen LogP contribution >= 0.6 is 0 Å². The Bertz CT molecular complexity index is 475. The summed E-state index contributed by atoms with van der Waals surface area (Å²) in [5.74, 6) is -0.743. The molecule has 116 valence electrons. The first-order valence-electron chi connectivity index (χ1n) is 7.77. The number of carbonyl (C=O) groups is 1. The molecule has 0 spiro atoms. The van der Waals surface area contributed by atoms with Gasteiger partial charge >= 0.3 is 5.97 Å². The van der Waals surface area contributed by atoms with Crippen molar-refractivity contribution in [3.05, 3.63) is 29.8 Å². The number of hydrogen-bond donors (Lipinski definition) is 1. The molecule has 2 rings (SSSR count). The Balaban J connectivity index is 2.19. The van der Waals surface area contributed by atoms with Crippen molar-refractivity contribution in [2.75, 3.05) is 18.1 Å². The second-order valence-electron chi connectivity index (χ2n) is 5.70. The van der Waals surface area contributed by atoms with Crippen LogP contribution in [0.25, 0.3) is 0 Å². The molecule has 0 aromatic heterocycles. The lowest BCUT2D eigenvalue weighted by atomic mass is 9.98. The fourth-order valence-corrected chi connectivity index (χ4v) is 3.03. The molecule has 0 radical (unpaired) electrons. The molecular formula is C17H25NO3. The van der Waals surface area contributed by atoms with Crippen molar-refractivity contribution in [2.24, 2.45) is 0 Å². The summed E-state index contributed by atoms with van der Waals surface area (Å²) in [6, 6.07) is 8.58. The van der Waals surface area contributed by atoms with E-state index in [-0.39, 0.29) is 6.42 Å². The van der Waals surface area contributed by atoms with Gasteiger partial charge in [0.15, 0.2) is 0 Å². The number of para-hydroxylation sites is 1. The van der Waals surface area contributed by atoms with Gasteiger partial charge in [-0.3, -0.25) is 4.79 Å². The highest BCUT2D eigenvalue weighted by Gasteiger charge is 2.27. The minimum atomic E-state index is -0.743. The van der Waals surface area contributed by atoms with E-state index < -0.39 is 5.97 Å². The SMILES string of the molecule is CCC1CC(N(CCC(=O)O)c2ccccc2C)CCO1. The maximum Gasteiger partial charge on any atom is 0.305 e. The Morgan fingerprint density at radius 2 is 2.19 bits per heavy atom. The Labute approximate surface area is 126 Å². The van der Waals surface area contributed by atoms with Crippen LogP contribution in [0.1, 0.15) is 38.2 Å². The Morgan fingerprint density at radius 1 is 1.43 bits per heavy atom.